The van der Waals surface area contributed by atoms with Crippen molar-refractivity contribution in [2.45, 2.75) is 116 Å². The average molecular weight is 904 g/mol. The van der Waals surface area contributed by atoms with Gasteiger partial charge < -0.3 is 79.3 Å². The number of carbonyl (C=O) groups is 4. The van der Waals surface area contributed by atoms with Crippen LogP contribution < -0.4 is 14.8 Å². The predicted molar refractivity (Wildman–Crippen MR) is 223 cm³/mol. The second-order valence-electron chi connectivity index (χ2n) is 16.6. The molecule has 0 spiro atoms. The summed E-state index contributed by atoms with van der Waals surface area (Å²) in [6, 6.07) is 0. The van der Waals surface area contributed by atoms with E-state index in [1.165, 1.54) is 53.0 Å². The van der Waals surface area contributed by atoms with Gasteiger partial charge in [-0.15, -0.1) is 0 Å². The first-order valence-electron chi connectivity index (χ1n) is 20.5. The highest BCUT2D eigenvalue weighted by Crippen LogP contribution is 2.57. The maximum Gasteiger partial charge on any atom is 0.312 e. The number of benzene rings is 2. The minimum absolute atomic E-state index is 0.00116. The van der Waals surface area contributed by atoms with Gasteiger partial charge in [0.15, 0.2) is 23.5 Å². The van der Waals surface area contributed by atoms with E-state index >= 15 is 0 Å². The highest BCUT2D eigenvalue weighted by atomic mass is 16.7. The number of allylic oxidation sites excluding steroid dienone is 2. The van der Waals surface area contributed by atoms with E-state index in [-0.39, 0.29) is 28.9 Å². The molecule has 5 bridgehead atoms. The van der Waals surface area contributed by atoms with Crippen LogP contribution in [0.25, 0.3) is 10.8 Å². The van der Waals surface area contributed by atoms with Gasteiger partial charge in [0.05, 0.1) is 42.1 Å². The molecule has 0 radical (unpaired) electrons. The van der Waals surface area contributed by atoms with Crippen molar-refractivity contribution >= 4 is 40.6 Å². The first-order chi connectivity index (χ1) is 30.1. The first-order valence-corrected chi connectivity index (χ1v) is 20.5. The zero-order valence-corrected chi connectivity index (χ0v) is 36.7. The van der Waals surface area contributed by atoms with Crippen LogP contribution in [0.5, 0.6) is 28.7 Å². The van der Waals surface area contributed by atoms with Gasteiger partial charge in [-0.05, 0) is 19.9 Å². The third-order valence-electron chi connectivity index (χ3n) is 12.2. The number of nitrogens with one attached hydrogen (secondary N) is 1. The van der Waals surface area contributed by atoms with Crippen molar-refractivity contribution in [3.63, 3.8) is 0 Å². The monoisotopic (exact) mass is 903 g/mol. The van der Waals surface area contributed by atoms with E-state index in [0.717, 1.165) is 6.26 Å². The van der Waals surface area contributed by atoms with Crippen molar-refractivity contribution in [2.75, 3.05) is 19.0 Å². The number of amides is 1. The number of aliphatic hydroxyl groups is 5. The second kappa shape index (κ2) is 19.8. The lowest BCUT2D eigenvalue weighted by molar-refractivity contribution is -0.323. The molecule has 9 N–H and O–H groups in total. The number of phenolic OH excluding ortho intramolecular Hbond substituents is 3. The fourth-order valence-corrected chi connectivity index (χ4v) is 8.43. The van der Waals surface area contributed by atoms with Gasteiger partial charge in [0.2, 0.25) is 0 Å². The molecule has 1 saturated heterocycles. The summed E-state index contributed by atoms with van der Waals surface area (Å²) in [7, 11) is 1.35. The Hall–Kier alpha value is -5.32. The van der Waals surface area contributed by atoms with E-state index in [2.05, 4.69) is 5.32 Å². The third-order valence-corrected chi connectivity index (χ3v) is 12.2. The number of phenols is 3. The van der Waals surface area contributed by atoms with Gasteiger partial charge in [-0.1, -0.05) is 45.9 Å². The topological polar surface area (TPSA) is 307 Å². The van der Waals surface area contributed by atoms with Crippen molar-refractivity contribution in [1.82, 2.24) is 0 Å². The van der Waals surface area contributed by atoms with E-state index in [0.29, 0.717) is 0 Å². The molecule has 2 aromatic rings. The van der Waals surface area contributed by atoms with Crippen LogP contribution in [0.3, 0.4) is 0 Å². The molecule has 0 saturated carbocycles. The smallest absolute Gasteiger partial charge is 0.312 e. The van der Waals surface area contributed by atoms with Gasteiger partial charge in [0.1, 0.15) is 47.7 Å². The molecule has 1 fully saturated rings. The number of anilines is 1. The molecule has 352 valence electrons. The normalized spacial score (nSPS) is 35.2. The Morgan fingerprint density at radius 3 is 2.17 bits per heavy atom. The summed E-state index contributed by atoms with van der Waals surface area (Å²) >= 11 is 0. The summed E-state index contributed by atoms with van der Waals surface area (Å²) in [5.41, 5.74) is -1.06. The van der Waals surface area contributed by atoms with E-state index in [1.54, 1.807) is 33.8 Å². The summed E-state index contributed by atoms with van der Waals surface area (Å²) in [6.45, 7) is 10.9. The number of ketones is 1. The lowest BCUT2D eigenvalue weighted by atomic mass is 9.78. The van der Waals surface area contributed by atoms with Crippen molar-refractivity contribution < 1.29 is 93.2 Å². The van der Waals surface area contributed by atoms with E-state index in [9.17, 15) is 60.0 Å². The Kier molecular flexibility index (Phi) is 15.4. The van der Waals surface area contributed by atoms with Crippen molar-refractivity contribution in [2.24, 2.45) is 23.7 Å². The Labute approximate surface area is 368 Å². The Morgan fingerprint density at radius 1 is 0.891 bits per heavy atom. The van der Waals surface area contributed by atoms with E-state index in [1.807, 2.05) is 0 Å². The predicted octanol–water partition coefficient (Wildman–Crippen LogP) is 2.11. The summed E-state index contributed by atoms with van der Waals surface area (Å²) in [4.78, 5) is 52.3. The van der Waals surface area contributed by atoms with Gasteiger partial charge in [0.25, 0.3) is 18.2 Å². The van der Waals surface area contributed by atoms with Crippen LogP contribution in [-0.2, 0) is 38.1 Å². The van der Waals surface area contributed by atoms with Crippen LogP contribution in [-0.4, -0.2) is 140 Å². The second-order valence-corrected chi connectivity index (χ2v) is 16.6. The van der Waals surface area contributed by atoms with Crippen LogP contribution in [0, 0.1) is 30.6 Å². The molecule has 4 aliphatic heterocycles. The Balaban J connectivity index is 1.68. The van der Waals surface area contributed by atoms with Crippen LogP contribution in [0.1, 0.15) is 64.4 Å². The van der Waals surface area contributed by atoms with Crippen LogP contribution >= 0.6 is 0 Å². The summed E-state index contributed by atoms with van der Waals surface area (Å²) < 4.78 is 40.6. The molecule has 0 aromatic heterocycles. The van der Waals surface area contributed by atoms with Gasteiger partial charge in [0, 0.05) is 61.2 Å². The third kappa shape index (κ3) is 9.27. The maximum absolute atomic E-state index is 14.3. The van der Waals surface area contributed by atoms with E-state index < -0.39 is 148 Å². The molecule has 0 unspecified atom stereocenters. The zero-order valence-electron chi connectivity index (χ0n) is 36.7. The molecule has 4 aliphatic rings. The number of hydrogen-bond acceptors (Lipinski definition) is 19. The molecule has 1 amide bonds. The van der Waals surface area contributed by atoms with Gasteiger partial charge in [-0.3, -0.25) is 19.2 Å². The molecule has 14 atom stereocenters. The number of esters is 1. The Bertz CT molecular complexity index is 2200. The highest BCUT2D eigenvalue weighted by molar-refractivity contribution is 6.22. The molecule has 6 rings (SSSR count). The molecule has 64 heavy (non-hydrogen) atoms. The summed E-state index contributed by atoms with van der Waals surface area (Å²) in [5.74, 6) is -11.4. The van der Waals surface area contributed by atoms with Crippen molar-refractivity contribution in [3.05, 3.63) is 47.3 Å². The van der Waals surface area contributed by atoms with Gasteiger partial charge in [-0.2, -0.15) is 0 Å². The molecule has 4 heterocycles. The highest BCUT2D eigenvalue weighted by Gasteiger charge is 2.51. The number of carbonyl (C=O) groups excluding carboxylic acids is 4. The largest absolute Gasteiger partial charge is 0.507 e. The van der Waals surface area contributed by atoms with Crippen LogP contribution in [0.2, 0.25) is 0 Å². The van der Waals surface area contributed by atoms with Crippen LogP contribution in [0.4, 0.5) is 5.69 Å². The molecular weight excluding hydrogens is 846 g/mol. The lowest BCUT2D eigenvalue weighted by Gasteiger charge is -2.45. The van der Waals surface area contributed by atoms with E-state index in [4.69, 9.17) is 33.2 Å². The lowest BCUT2D eigenvalue weighted by Crippen LogP contribution is -2.61. The average Bonchev–Trinajstić information content (AvgIpc) is 3.52. The number of aliphatic hydroxyl groups excluding tert-OH is 5. The van der Waals surface area contributed by atoms with Crippen LogP contribution in [0.15, 0.2) is 36.1 Å². The molecular formula is C44H57NO19. The summed E-state index contributed by atoms with van der Waals surface area (Å²) in [6.07, 6.45) is -6.00. The SMILES string of the molecule is CO[C@H]1C=CO[C@@]2(C)Oc3c(C)c(O)c4c(O)c(c(OC=O)c(O)c4c3C2=O)NC(=O)/C(C)=C\C=C/[C@H](C)[C@H](O)[C@@H](C)[C@@H](O[C@@H]2O[C@H](CO)[C@@H](O)[C@H](O)[C@H]2O)[C@@H](C)[C@H](OC(C)=O)[C@@H]1C. The standard InChI is InChI=1S/C44H57NO19/c1-17-11-10-12-18(2)42(57)45-29-33(52)27-26(34(53)40(29)59-16-47)28-39(21(5)31(27)50)64-44(8,41(28)56)60-14-13-24(58-9)19(3)37(61-23(7)48)22(6)38(20(4)30(17)49)63-43-36(55)35(54)32(51)25(15-46)62-43/h10-14,16-17,19-20,22,24-25,30,32,35-38,43,46,49-55H,15H2,1-9H3,(H,45,57)/b11-10-,14-13?,18-12-/t17-,19+,20+,22-,24-,25+,30-,32+,35-,36+,37+,38+,43-,44-/m0/s1. The fourth-order valence-electron chi connectivity index (χ4n) is 8.43. The quantitative estimate of drug-likeness (QED) is 0.0832. The van der Waals surface area contributed by atoms with Gasteiger partial charge in [-0.25, -0.2) is 0 Å². The van der Waals surface area contributed by atoms with Gasteiger partial charge >= 0.3 is 11.8 Å². The number of aromatic hydroxyl groups is 3. The minimum Gasteiger partial charge on any atom is -0.507 e. The fraction of sp³-hybridized carbons (Fsp3) is 0.545. The van der Waals surface area contributed by atoms with Crippen molar-refractivity contribution in [3.8, 4) is 28.7 Å². The molecule has 0 aliphatic carbocycles. The number of Topliss-reactive ketones (excluding diaryl/α,β-unsaturated/α-hetero) is 1. The number of ether oxygens (including phenoxy) is 7. The minimum atomic E-state index is -2.19. The molecule has 20 heteroatoms. The molecule has 2 aromatic carbocycles. The number of methoxy groups -OCH3 is 1. The zero-order chi connectivity index (χ0) is 47.7. The van der Waals surface area contributed by atoms with Crippen molar-refractivity contribution in [1.29, 1.82) is 0 Å². The number of fused-ring (bicyclic) bond motifs is 14. The maximum atomic E-state index is 14.3. The number of rotatable bonds is 7. The molecule has 20 nitrogen and oxygen atoms in total. The Morgan fingerprint density at radius 2 is 1.56 bits per heavy atom. The first kappa shape index (κ1) is 49.7. The summed E-state index contributed by atoms with van der Waals surface area (Å²) in [5, 5.41) is 89.7. The number of hydrogen-bond donors (Lipinski definition) is 9.